The molecule has 1 N–H and O–H groups in total. The third-order valence-electron chi connectivity index (χ3n) is 3.61. The largest absolute Gasteiger partial charge is 0.371 e. The highest BCUT2D eigenvalue weighted by molar-refractivity contribution is 6.31. The van der Waals surface area contributed by atoms with Crippen LogP contribution in [0.4, 0.5) is 10.1 Å². The second-order valence-electron chi connectivity index (χ2n) is 5.21. The third-order valence-corrected chi connectivity index (χ3v) is 3.90. The first-order chi connectivity index (χ1) is 9.59. The van der Waals surface area contributed by atoms with E-state index in [4.69, 9.17) is 11.6 Å². The van der Waals surface area contributed by atoms with E-state index < -0.39 is 11.9 Å². The van der Waals surface area contributed by atoms with E-state index in [1.54, 1.807) is 19.1 Å². The predicted molar refractivity (Wildman–Crippen MR) is 79.5 cm³/mol. The normalized spacial score (nSPS) is 17.4. The molecule has 1 fully saturated rings. The van der Waals surface area contributed by atoms with Crippen molar-refractivity contribution in [2.24, 2.45) is 0 Å². The van der Waals surface area contributed by atoms with E-state index in [1.807, 2.05) is 4.90 Å². The van der Waals surface area contributed by atoms with E-state index in [9.17, 15) is 9.18 Å². The average molecular weight is 299 g/mol. The van der Waals surface area contributed by atoms with Crippen molar-refractivity contribution in [2.75, 3.05) is 18.4 Å². The number of likely N-dealkylation sites (tertiary alicyclic amines) is 1. The Bertz CT molecular complexity index is 473. The second kappa shape index (κ2) is 6.93. The molecule has 1 unspecified atom stereocenters. The molecule has 1 aromatic carbocycles. The molecule has 1 saturated heterocycles. The van der Waals surface area contributed by atoms with Gasteiger partial charge in [-0.25, -0.2) is 4.39 Å². The van der Waals surface area contributed by atoms with Crippen LogP contribution in [0.5, 0.6) is 0 Å². The highest BCUT2D eigenvalue weighted by atomic mass is 35.5. The van der Waals surface area contributed by atoms with Crippen molar-refractivity contribution >= 4 is 23.2 Å². The molecular weight excluding hydrogens is 279 g/mol. The Hall–Kier alpha value is -1.29. The summed E-state index contributed by atoms with van der Waals surface area (Å²) in [5.41, 5.74) is 0.271. The lowest BCUT2D eigenvalue weighted by Crippen LogP contribution is -2.42. The molecule has 20 heavy (non-hydrogen) atoms. The van der Waals surface area contributed by atoms with E-state index in [1.165, 1.54) is 18.9 Å². The van der Waals surface area contributed by atoms with E-state index in [0.717, 1.165) is 25.9 Å². The minimum absolute atomic E-state index is 0.0197. The zero-order chi connectivity index (χ0) is 14.5. The molecule has 5 heteroatoms. The fourth-order valence-corrected chi connectivity index (χ4v) is 2.65. The molecule has 1 heterocycles. The average Bonchev–Trinajstić information content (AvgIpc) is 2.72. The summed E-state index contributed by atoms with van der Waals surface area (Å²) >= 11 is 5.74. The molecule has 0 aromatic heterocycles. The van der Waals surface area contributed by atoms with E-state index >= 15 is 0 Å². The number of carbonyl (C=O) groups excluding carboxylic acids is 1. The lowest BCUT2D eigenvalue weighted by Gasteiger charge is -2.25. The molecule has 0 saturated carbocycles. The van der Waals surface area contributed by atoms with Gasteiger partial charge in [0.05, 0.1) is 10.7 Å². The van der Waals surface area contributed by atoms with Crippen LogP contribution in [-0.2, 0) is 4.79 Å². The lowest BCUT2D eigenvalue weighted by molar-refractivity contribution is -0.131. The van der Waals surface area contributed by atoms with Crippen LogP contribution in [0.2, 0.25) is 5.02 Å². The van der Waals surface area contributed by atoms with Crippen molar-refractivity contribution in [3.05, 3.63) is 29.0 Å². The number of nitrogens with one attached hydrogen (secondary N) is 1. The number of rotatable bonds is 3. The number of amides is 1. The monoisotopic (exact) mass is 298 g/mol. The molecule has 2 rings (SSSR count). The van der Waals surface area contributed by atoms with Crippen LogP contribution in [-0.4, -0.2) is 29.9 Å². The summed E-state index contributed by atoms with van der Waals surface area (Å²) in [6.45, 7) is 3.35. The Kier molecular flexibility index (Phi) is 5.24. The summed E-state index contributed by atoms with van der Waals surface area (Å²) in [6.07, 6.45) is 4.44. The molecule has 0 bridgehead atoms. The van der Waals surface area contributed by atoms with Crippen molar-refractivity contribution in [3.8, 4) is 0 Å². The molecule has 1 aliphatic heterocycles. The van der Waals surface area contributed by atoms with Crippen LogP contribution in [0.1, 0.15) is 32.6 Å². The fourth-order valence-electron chi connectivity index (χ4n) is 2.48. The van der Waals surface area contributed by atoms with Crippen LogP contribution in [0, 0.1) is 5.82 Å². The van der Waals surface area contributed by atoms with Crippen LogP contribution >= 0.6 is 11.6 Å². The van der Waals surface area contributed by atoms with Crippen molar-refractivity contribution in [1.82, 2.24) is 4.90 Å². The number of nitrogens with zero attached hydrogens (tertiary/aromatic N) is 1. The lowest BCUT2D eigenvalue weighted by atomic mass is 10.2. The quantitative estimate of drug-likeness (QED) is 0.923. The minimum atomic E-state index is -0.510. The molecule has 0 radical (unpaired) electrons. The predicted octanol–water partition coefficient (Wildman–Crippen LogP) is 3.68. The molecule has 3 nitrogen and oxygen atoms in total. The number of hydrogen-bond acceptors (Lipinski definition) is 2. The van der Waals surface area contributed by atoms with Gasteiger partial charge in [0, 0.05) is 13.1 Å². The first-order valence-electron chi connectivity index (χ1n) is 7.09. The molecule has 1 amide bonds. The topological polar surface area (TPSA) is 32.3 Å². The van der Waals surface area contributed by atoms with Crippen molar-refractivity contribution in [1.29, 1.82) is 0 Å². The highest BCUT2D eigenvalue weighted by Gasteiger charge is 2.22. The smallest absolute Gasteiger partial charge is 0.244 e. The van der Waals surface area contributed by atoms with Gasteiger partial charge in [-0.1, -0.05) is 30.5 Å². The Morgan fingerprint density at radius 3 is 2.60 bits per heavy atom. The van der Waals surface area contributed by atoms with E-state index in [-0.39, 0.29) is 16.6 Å². The summed E-state index contributed by atoms with van der Waals surface area (Å²) in [7, 11) is 0. The van der Waals surface area contributed by atoms with Gasteiger partial charge in [0.15, 0.2) is 5.82 Å². The number of carbonyl (C=O) groups is 1. The number of anilines is 1. The Balaban J connectivity index is 2.01. The van der Waals surface area contributed by atoms with Crippen LogP contribution < -0.4 is 5.32 Å². The van der Waals surface area contributed by atoms with Gasteiger partial charge < -0.3 is 10.2 Å². The molecule has 110 valence electrons. The molecule has 0 aliphatic carbocycles. The van der Waals surface area contributed by atoms with Crippen molar-refractivity contribution in [2.45, 2.75) is 38.6 Å². The van der Waals surface area contributed by atoms with E-state index in [2.05, 4.69) is 5.32 Å². The minimum Gasteiger partial charge on any atom is -0.371 e. The Morgan fingerprint density at radius 1 is 1.30 bits per heavy atom. The van der Waals surface area contributed by atoms with Gasteiger partial charge in [0.1, 0.15) is 6.04 Å². The number of benzene rings is 1. The maximum atomic E-state index is 13.8. The number of halogens is 2. The van der Waals surface area contributed by atoms with Gasteiger partial charge in [-0.05, 0) is 31.9 Å². The standard InChI is InChI=1S/C15H20ClFN2O/c1-11(15(20)19-9-4-2-3-5-10-19)18-13-8-6-7-12(16)14(13)17/h6-8,11,18H,2-5,9-10H2,1H3. The molecule has 1 aliphatic rings. The van der Waals surface area contributed by atoms with Crippen molar-refractivity contribution < 1.29 is 9.18 Å². The second-order valence-corrected chi connectivity index (χ2v) is 5.61. The summed E-state index contributed by atoms with van der Waals surface area (Å²) in [4.78, 5) is 14.2. The summed E-state index contributed by atoms with van der Waals surface area (Å²) in [5, 5.41) is 2.98. The van der Waals surface area contributed by atoms with Crippen molar-refractivity contribution in [3.63, 3.8) is 0 Å². The zero-order valence-electron chi connectivity index (χ0n) is 11.7. The highest BCUT2D eigenvalue weighted by Crippen LogP contribution is 2.23. The first-order valence-corrected chi connectivity index (χ1v) is 7.46. The zero-order valence-corrected chi connectivity index (χ0v) is 12.4. The molecule has 0 spiro atoms. The maximum absolute atomic E-state index is 13.8. The van der Waals surface area contributed by atoms with Gasteiger partial charge in [0.2, 0.25) is 5.91 Å². The van der Waals surface area contributed by atoms with Crippen LogP contribution in [0.25, 0.3) is 0 Å². The van der Waals surface area contributed by atoms with Gasteiger partial charge in [-0.3, -0.25) is 4.79 Å². The maximum Gasteiger partial charge on any atom is 0.244 e. The van der Waals surface area contributed by atoms with Gasteiger partial charge >= 0.3 is 0 Å². The number of hydrogen-bond donors (Lipinski definition) is 1. The SMILES string of the molecule is CC(Nc1cccc(Cl)c1F)C(=O)N1CCCCCC1. The fraction of sp³-hybridized carbons (Fsp3) is 0.533. The van der Waals surface area contributed by atoms with Gasteiger partial charge in [0.25, 0.3) is 0 Å². The molecule has 1 aromatic rings. The Labute approximate surface area is 124 Å². The van der Waals surface area contributed by atoms with Crippen LogP contribution in [0.15, 0.2) is 18.2 Å². The molecular formula is C15H20ClFN2O. The van der Waals surface area contributed by atoms with E-state index in [0.29, 0.717) is 0 Å². The van der Waals surface area contributed by atoms with Gasteiger partial charge in [-0.2, -0.15) is 0 Å². The summed E-state index contributed by atoms with van der Waals surface area (Å²) in [6, 6.07) is 4.29. The molecule has 1 atom stereocenters. The Morgan fingerprint density at radius 2 is 1.95 bits per heavy atom. The first kappa shape index (κ1) is 15.1. The summed E-state index contributed by atoms with van der Waals surface area (Å²) < 4.78 is 13.8. The third kappa shape index (κ3) is 3.63. The van der Waals surface area contributed by atoms with Gasteiger partial charge in [-0.15, -0.1) is 0 Å². The van der Waals surface area contributed by atoms with Crippen LogP contribution in [0.3, 0.4) is 0 Å². The summed E-state index contributed by atoms with van der Waals surface area (Å²) in [5.74, 6) is -0.490.